The Kier molecular flexibility index (Phi) is 2.80. The van der Waals surface area contributed by atoms with Gasteiger partial charge in [0, 0.05) is 36.8 Å². The van der Waals surface area contributed by atoms with Crippen molar-refractivity contribution in [1.82, 2.24) is 0 Å². The first-order valence-corrected chi connectivity index (χ1v) is 7.38. The standard InChI is InChI=1S/C18H18N2/c1-2-4-15(5-3-1)20-13-10-17-16-9-12-19-11-8-14(16)6-7-18(17)20/h1-5,9,11-12H,6-8,10,13H2. The second-order valence-corrected chi connectivity index (χ2v) is 5.53. The van der Waals surface area contributed by atoms with E-state index in [1.165, 1.54) is 29.8 Å². The molecular formula is C18H18N2. The molecule has 2 heterocycles. The molecule has 1 aliphatic carbocycles. The summed E-state index contributed by atoms with van der Waals surface area (Å²) in [6.45, 7) is 1.11. The lowest BCUT2D eigenvalue weighted by Gasteiger charge is -2.26. The van der Waals surface area contributed by atoms with Crippen molar-refractivity contribution in [3.05, 3.63) is 65.0 Å². The fourth-order valence-electron chi connectivity index (χ4n) is 3.52. The van der Waals surface area contributed by atoms with E-state index in [0.29, 0.717) is 0 Å². The Morgan fingerprint density at radius 2 is 1.90 bits per heavy atom. The van der Waals surface area contributed by atoms with E-state index in [1.807, 2.05) is 12.4 Å². The summed E-state index contributed by atoms with van der Waals surface area (Å²) < 4.78 is 0. The third kappa shape index (κ3) is 1.83. The number of aliphatic imine (C=N–C) groups is 1. The van der Waals surface area contributed by atoms with Crippen LogP contribution in [-0.4, -0.2) is 12.8 Å². The van der Waals surface area contributed by atoms with Crippen LogP contribution in [0, 0.1) is 0 Å². The molecule has 20 heavy (non-hydrogen) atoms. The van der Waals surface area contributed by atoms with Crippen molar-refractivity contribution in [2.24, 2.45) is 4.99 Å². The highest BCUT2D eigenvalue weighted by Gasteiger charge is 2.29. The second kappa shape index (κ2) is 4.78. The third-order valence-corrected chi connectivity index (χ3v) is 4.47. The molecule has 0 bridgehead atoms. The molecule has 0 atom stereocenters. The van der Waals surface area contributed by atoms with Crippen LogP contribution < -0.4 is 4.90 Å². The fourth-order valence-corrected chi connectivity index (χ4v) is 3.52. The first-order valence-electron chi connectivity index (χ1n) is 7.38. The van der Waals surface area contributed by atoms with Crippen LogP contribution in [0.1, 0.15) is 25.7 Å². The normalized spacial score (nSPS) is 21.1. The summed E-state index contributed by atoms with van der Waals surface area (Å²) in [5.74, 6) is 0. The van der Waals surface area contributed by atoms with E-state index in [4.69, 9.17) is 0 Å². The monoisotopic (exact) mass is 262 g/mol. The average molecular weight is 262 g/mol. The molecule has 0 aromatic heterocycles. The summed E-state index contributed by atoms with van der Waals surface area (Å²) in [4.78, 5) is 6.80. The van der Waals surface area contributed by atoms with Crippen molar-refractivity contribution in [3.63, 3.8) is 0 Å². The van der Waals surface area contributed by atoms with E-state index in [2.05, 4.69) is 46.3 Å². The lowest BCUT2D eigenvalue weighted by molar-refractivity contribution is 0.840. The smallest absolute Gasteiger partial charge is 0.0408 e. The summed E-state index contributed by atoms with van der Waals surface area (Å²) in [6.07, 6.45) is 10.7. The van der Waals surface area contributed by atoms with Gasteiger partial charge in [-0.25, -0.2) is 0 Å². The van der Waals surface area contributed by atoms with Gasteiger partial charge in [0.1, 0.15) is 0 Å². The van der Waals surface area contributed by atoms with Crippen molar-refractivity contribution in [2.45, 2.75) is 25.7 Å². The summed E-state index contributed by atoms with van der Waals surface area (Å²) in [6, 6.07) is 10.8. The Hall–Kier alpha value is -2.09. The molecule has 0 amide bonds. The predicted octanol–water partition coefficient (Wildman–Crippen LogP) is 4.23. The minimum Gasteiger partial charge on any atom is -0.344 e. The third-order valence-electron chi connectivity index (χ3n) is 4.47. The van der Waals surface area contributed by atoms with E-state index in [9.17, 15) is 0 Å². The number of benzene rings is 1. The molecule has 2 aliphatic heterocycles. The van der Waals surface area contributed by atoms with E-state index in [0.717, 1.165) is 19.4 Å². The van der Waals surface area contributed by atoms with Gasteiger partial charge in [-0.15, -0.1) is 0 Å². The maximum Gasteiger partial charge on any atom is 0.0408 e. The highest BCUT2D eigenvalue weighted by atomic mass is 15.2. The predicted molar refractivity (Wildman–Crippen MR) is 83.9 cm³/mol. The van der Waals surface area contributed by atoms with E-state index in [-0.39, 0.29) is 0 Å². The molecule has 0 saturated carbocycles. The van der Waals surface area contributed by atoms with Crippen LogP contribution in [-0.2, 0) is 0 Å². The molecule has 0 radical (unpaired) electrons. The largest absolute Gasteiger partial charge is 0.344 e. The van der Waals surface area contributed by atoms with Crippen LogP contribution in [0.2, 0.25) is 0 Å². The number of hydrogen-bond acceptors (Lipinski definition) is 2. The second-order valence-electron chi connectivity index (χ2n) is 5.53. The quantitative estimate of drug-likeness (QED) is 0.739. The Balaban J connectivity index is 1.75. The van der Waals surface area contributed by atoms with Crippen LogP contribution in [0.3, 0.4) is 0 Å². The van der Waals surface area contributed by atoms with Gasteiger partial charge in [0.15, 0.2) is 0 Å². The van der Waals surface area contributed by atoms with Crippen molar-refractivity contribution >= 4 is 11.9 Å². The van der Waals surface area contributed by atoms with Crippen molar-refractivity contribution in [3.8, 4) is 0 Å². The van der Waals surface area contributed by atoms with Crippen LogP contribution >= 0.6 is 0 Å². The molecule has 0 saturated heterocycles. The summed E-state index contributed by atoms with van der Waals surface area (Å²) in [5.41, 5.74) is 7.44. The maximum atomic E-state index is 4.30. The number of para-hydroxylation sites is 1. The van der Waals surface area contributed by atoms with Gasteiger partial charge >= 0.3 is 0 Å². The summed E-state index contributed by atoms with van der Waals surface area (Å²) >= 11 is 0. The van der Waals surface area contributed by atoms with Gasteiger partial charge in [-0.2, -0.15) is 0 Å². The zero-order chi connectivity index (χ0) is 13.4. The van der Waals surface area contributed by atoms with Crippen molar-refractivity contribution < 1.29 is 0 Å². The topological polar surface area (TPSA) is 15.6 Å². The van der Waals surface area contributed by atoms with E-state index < -0.39 is 0 Å². The van der Waals surface area contributed by atoms with Gasteiger partial charge in [-0.1, -0.05) is 23.8 Å². The van der Waals surface area contributed by atoms with Gasteiger partial charge in [0.2, 0.25) is 0 Å². The van der Waals surface area contributed by atoms with Gasteiger partial charge in [0.05, 0.1) is 0 Å². The molecule has 0 fully saturated rings. The van der Waals surface area contributed by atoms with Gasteiger partial charge in [0.25, 0.3) is 0 Å². The van der Waals surface area contributed by atoms with Gasteiger partial charge in [-0.3, -0.25) is 4.99 Å². The Bertz CT molecular complexity index is 647. The molecular weight excluding hydrogens is 244 g/mol. The first-order chi connectivity index (χ1) is 9.93. The molecule has 2 heteroatoms. The number of anilines is 1. The number of nitrogens with zero attached hydrogens (tertiary/aromatic N) is 2. The summed E-state index contributed by atoms with van der Waals surface area (Å²) in [5, 5.41) is 0. The lowest BCUT2D eigenvalue weighted by atomic mass is 9.87. The van der Waals surface area contributed by atoms with E-state index in [1.54, 1.807) is 11.1 Å². The minimum atomic E-state index is 1.02. The molecule has 2 nitrogen and oxygen atoms in total. The maximum absolute atomic E-state index is 4.30. The van der Waals surface area contributed by atoms with Crippen molar-refractivity contribution in [1.29, 1.82) is 0 Å². The van der Waals surface area contributed by atoms with Gasteiger partial charge < -0.3 is 4.90 Å². The molecule has 1 aromatic carbocycles. The highest BCUT2D eigenvalue weighted by molar-refractivity contribution is 5.69. The number of hydrogen-bond donors (Lipinski definition) is 0. The molecule has 0 spiro atoms. The Labute approximate surface area is 119 Å². The Morgan fingerprint density at radius 1 is 1.00 bits per heavy atom. The SMILES string of the molecule is C1=CC2=C(CC=N1)CCC1=C2CCN1c1ccccc1. The van der Waals surface area contributed by atoms with Gasteiger partial charge in [-0.05, 0) is 48.6 Å². The lowest BCUT2D eigenvalue weighted by Crippen LogP contribution is -2.19. The van der Waals surface area contributed by atoms with Crippen LogP contribution in [0.4, 0.5) is 5.69 Å². The van der Waals surface area contributed by atoms with Crippen LogP contribution in [0.5, 0.6) is 0 Å². The van der Waals surface area contributed by atoms with Crippen molar-refractivity contribution in [2.75, 3.05) is 11.4 Å². The average Bonchev–Trinajstić information content (AvgIpc) is 2.78. The summed E-state index contributed by atoms with van der Waals surface area (Å²) in [7, 11) is 0. The zero-order valence-electron chi connectivity index (χ0n) is 11.5. The fraction of sp³-hybridized carbons (Fsp3) is 0.278. The van der Waals surface area contributed by atoms with Crippen LogP contribution in [0.25, 0.3) is 0 Å². The molecule has 4 rings (SSSR count). The minimum absolute atomic E-state index is 1.02. The highest BCUT2D eigenvalue weighted by Crippen LogP contribution is 2.42. The zero-order valence-corrected chi connectivity index (χ0v) is 11.5. The first kappa shape index (κ1) is 11.7. The molecule has 3 aliphatic rings. The van der Waals surface area contributed by atoms with Crippen LogP contribution in [0.15, 0.2) is 70.0 Å². The molecule has 0 unspecified atom stereocenters. The number of rotatable bonds is 1. The number of fused-ring (bicyclic) bond motifs is 1. The molecule has 100 valence electrons. The number of allylic oxidation sites excluding steroid dienone is 4. The molecule has 1 aromatic rings. The molecule has 0 N–H and O–H groups in total. The Morgan fingerprint density at radius 3 is 2.80 bits per heavy atom. The van der Waals surface area contributed by atoms with E-state index >= 15 is 0 Å².